The zero-order valence-corrected chi connectivity index (χ0v) is 11.6. The molecule has 0 radical (unpaired) electrons. The van der Waals surface area contributed by atoms with Gasteiger partial charge in [-0.05, 0) is 23.8 Å². The minimum Gasteiger partial charge on any atom is -0.372 e. The van der Waals surface area contributed by atoms with Crippen LogP contribution >= 0.6 is 11.6 Å². The monoisotopic (exact) mass is 331 g/mol. The summed E-state index contributed by atoms with van der Waals surface area (Å²) in [6.45, 7) is 0. The molecule has 2 rings (SSSR count). The van der Waals surface area contributed by atoms with E-state index in [1.165, 1.54) is 24.3 Å². The average molecular weight is 332 g/mol. The van der Waals surface area contributed by atoms with Crippen LogP contribution in [0.3, 0.4) is 0 Å². The lowest BCUT2D eigenvalue weighted by Crippen LogP contribution is -2.43. The molecule has 0 saturated heterocycles. The molecule has 0 spiro atoms. The van der Waals surface area contributed by atoms with Gasteiger partial charge in [-0.3, -0.25) is 10.1 Å². The van der Waals surface area contributed by atoms with Crippen LogP contribution in [0, 0.1) is 10.1 Å². The van der Waals surface area contributed by atoms with Crippen LogP contribution in [-0.2, 0) is 5.60 Å². The number of nitro groups is 1. The molecule has 0 amide bonds. The fraction of sp³-hybridized carbons (Fsp3) is 0.143. The van der Waals surface area contributed by atoms with Gasteiger partial charge in [0, 0.05) is 11.1 Å². The fourth-order valence-electron chi connectivity index (χ4n) is 2.12. The van der Waals surface area contributed by atoms with Crippen molar-refractivity contribution in [2.24, 2.45) is 0 Å². The van der Waals surface area contributed by atoms with Gasteiger partial charge in [0.2, 0.25) is 5.60 Å². The van der Waals surface area contributed by atoms with Crippen LogP contribution in [0.1, 0.15) is 11.1 Å². The predicted octanol–water partition coefficient (Wildman–Crippen LogP) is 4.05. The molecule has 0 aromatic heterocycles. The highest BCUT2D eigenvalue weighted by Gasteiger charge is 2.58. The Kier molecular flexibility index (Phi) is 4.12. The molecule has 0 bridgehead atoms. The summed E-state index contributed by atoms with van der Waals surface area (Å²) < 4.78 is 40.6. The third kappa shape index (κ3) is 2.65. The molecule has 0 aliphatic rings. The Hall–Kier alpha value is -2.12. The summed E-state index contributed by atoms with van der Waals surface area (Å²) in [6.07, 6.45) is -5.18. The van der Waals surface area contributed by atoms with Crippen molar-refractivity contribution in [2.45, 2.75) is 11.8 Å². The van der Waals surface area contributed by atoms with Crippen LogP contribution in [0.2, 0.25) is 5.02 Å². The second kappa shape index (κ2) is 5.58. The molecule has 4 nitrogen and oxygen atoms in total. The van der Waals surface area contributed by atoms with Crippen LogP contribution in [0.4, 0.5) is 18.9 Å². The zero-order chi connectivity index (χ0) is 16.5. The lowest BCUT2D eigenvalue weighted by molar-refractivity contribution is -0.388. The normalized spacial score (nSPS) is 14.4. The summed E-state index contributed by atoms with van der Waals surface area (Å²) >= 11 is 5.68. The van der Waals surface area contributed by atoms with Crippen LogP contribution in [0.5, 0.6) is 0 Å². The molecule has 2 aromatic carbocycles. The summed E-state index contributed by atoms with van der Waals surface area (Å²) in [5, 5.41) is 21.3. The predicted molar refractivity (Wildman–Crippen MR) is 73.6 cm³/mol. The van der Waals surface area contributed by atoms with Crippen molar-refractivity contribution in [3.63, 3.8) is 0 Å². The SMILES string of the molecule is O=[N+]([O-])c1ccccc1C(O)(c1cccc(Cl)c1)C(F)(F)F. The van der Waals surface area contributed by atoms with E-state index in [4.69, 9.17) is 11.6 Å². The van der Waals surface area contributed by atoms with Crippen LogP contribution in [0.15, 0.2) is 48.5 Å². The van der Waals surface area contributed by atoms with E-state index in [0.717, 1.165) is 24.3 Å². The van der Waals surface area contributed by atoms with Gasteiger partial charge in [-0.15, -0.1) is 0 Å². The third-order valence-corrected chi connectivity index (χ3v) is 3.38. The van der Waals surface area contributed by atoms with Crippen molar-refractivity contribution >= 4 is 17.3 Å². The molecular weight excluding hydrogens is 323 g/mol. The molecule has 0 fully saturated rings. The second-order valence-corrected chi connectivity index (χ2v) is 4.93. The average Bonchev–Trinajstić information content (AvgIpc) is 2.45. The molecule has 1 N–H and O–H groups in total. The van der Waals surface area contributed by atoms with Crippen molar-refractivity contribution in [3.05, 3.63) is 74.8 Å². The highest BCUT2D eigenvalue weighted by molar-refractivity contribution is 6.30. The maximum Gasteiger partial charge on any atom is 0.426 e. The summed E-state index contributed by atoms with van der Waals surface area (Å²) in [5.74, 6) is 0. The van der Waals surface area contributed by atoms with Crippen molar-refractivity contribution < 1.29 is 23.2 Å². The van der Waals surface area contributed by atoms with Gasteiger partial charge in [0.05, 0.1) is 10.5 Å². The number of para-hydroxylation sites is 1. The van der Waals surface area contributed by atoms with E-state index in [2.05, 4.69) is 0 Å². The van der Waals surface area contributed by atoms with Gasteiger partial charge in [0.15, 0.2) is 0 Å². The van der Waals surface area contributed by atoms with Crippen molar-refractivity contribution in [1.29, 1.82) is 0 Å². The molecule has 2 aromatic rings. The Morgan fingerprint density at radius 3 is 2.27 bits per heavy atom. The third-order valence-electron chi connectivity index (χ3n) is 3.14. The summed E-state index contributed by atoms with van der Waals surface area (Å²) in [5.41, 5.74) is -5.83. The molecule has 116 valence electrons. The van der Waals surface area contributed by atoms with Gasteiger partial charge in [0.25, 0.3) is 5.69 Å². The van der Waals surface area contributed by atoms with E-state index in [-0.39, 0.29) is 5.02 Å². The fourth-order valence-corrected chi connectivity index (χ4v) is 2.31. The van der Waals surface area contributed by atoms with Gasteiger partial charge in [-0.2, -0.15) is 13.2 Å². The quantitative estimate of drug-likeness (QED) is 0.681. The van der Waals surface area contributed by atoms with Gasteiger partial charge in [-0.25, -0.2) is 0 Å². The molecule has 1 atom stereocenters. The highest BCUT2D eigenvalue weighted by Crippen LogP contribution is 2.47. The van der Waals surface area contributed by atoms with E-state index in [1.807, 2.05) is 0 Å². The van der Waals surface area contributed by atoms with Crippen LogP contribution < -0.4 is 0 Å². The van der Waals surface area contributed by atoms with Crippen molar-refractivity contribution in [1.82, 2.24) is 0 Å². The standard InChI is InChI=1S/C14H9ClF3NO3/c15-10-5-3-4-9(8-10)13(20,14(16,17)18)11-6-1-2-7-12(11)19(21)22/h1-8,20H. The number of alkyl halides is 3. The first kappa shape index (κ1) is 16.3. The Morgan fingerprint density at radius 2 is 1.73 bits per heavy atom. The first-order valence-electron chi connectivity index (χ1n) is 5.97. The molecular formula is C14H9ClF3NO3. The molecule has 0 saturated carbocycles. The maximum atomic E-state index is 13.5. The minimum absolute atomic E-state index is 0.0289. The number of aliphatic hydroxyl groups is 1. The Balaban J connectivity index is 2.80. The maximum absolute atomic E-state index is 13.5. The smallest absolute Gasteiger partial charge is 0.372 e. The lowest BCUT2D eigenvalue weighted by atomic mass is 9.84. The summed E-state index contributed by atoms with van der Waals surface area (Å²) in [4.78, 5) is 10.0. The summed E-state index contributed by atoms with van der Waals surface area (Å²) in [6, 6.07) is 8.66. The van der Waals surface area contributed by atoms with Gasteiger partial charge in [-0.1, -0.05) is 35.9 Å². The summed E-state index contributed by atoms with van der Waals surface area (Å²) in [7, 11) is 0. The van der Waals surface area contributed by atoms with E-state index in [9.17, 15) is 28.4 Å². The van der Waals surface area contributed by atoms with Crippen molar-refractivity contribution in [2.75, 3.05) is 0 Å². The number of nitro benzene ring substituents is 1. The largest absolute Gasteiger partial charge is 0.426 e. The van der Waals surface area contributed by atoms with E-state index < -0.39 is 33.5 Å². The van der Waals surface area contributed by atoms with Crippen LogP contribution in [0.25, 0.3) is 0 Å². The Labute approximate surface area is 127 Å². The molecule has 0 heterocycles. The van der Waals surface area contributed by atoms with E-state index in [1.54, 1.807) is 0 Å². The minimum atomic E-state index is -5.18. The molecule has 22 heavy (non-hydrogen) atoms. The van der Waals surface area contributed by atoms with Gasteiger partial charge in [0.1, 0.15) is 0 Å². The Bertz CT molecular complexity index is 720. The van der Waals surface area contributed by atoms with E-state index in [0.29, 0.717) is 0 Å². The lowest BCUT2D eigenvalue weighted by Gasteiger charge is -2.31. The number of rotatable bonds is 3. The topological polar surface area (TPSA) is 63.4 Å². The molecule has 1 unspecified atom stereocenters. The molecule has 0 aliphatic heterocycles. The Morgan fingerprint density at radius 1 is 1.09 bits per heavy atom. The first-order chi connectivity index (χ1) is 10.2. The zero-order valence-electron chi connectivity index (χ0n) is 10.8. The molecule has 0 aliphatic carbocycles. The van der Waals surface area contributed by atoms with Crippen LogP contribution in [-0.4, -0.2) is 16.2 Å². The number of halogens is 4. The number of hydrogen-bond donors (Lipinski definition) is 1. The number of benzene rings is 2. The second-order valence-electron chi connectivity index (χ2n) is 4.49. The number of hydrogen-bond acceptors (Lipinski definition) is 3. The molecule has 8 heteroatoms. The first-order valence-corrected chi connectivity index (χ1v) is 6.34. The highest BCUT2D eigenvalue weighted by atomic mass is 35.5. The van der Waals surface area contributed by atoms with Crippen molar-refractivity contribution in [3.8, 4) is 0 Å². The van der Waals surface area contributed by atoms with Gasteiger partial charge < -0.3 is 5.11 Å². The number of nitrogens with zero attached hydrogens (tertiary/aromatic N) is 1. The van der Waals surface area contributed by atoms with E-state index >= 15 is 0 Å². The van der Waals surface area contributed by atoms with Gasteiger partial charge >= 0.3 is 6.18 Å².